The Morgan fingerprint density at radius 1 is 1.14 bits per heavy atom. The van der Waals surface area contributed by atoms with Crippen LogP contribution in [0, 0.1) is 6.92 Å². The first-order chi connectivity index (χ1) is 10.6. The number of piperazine rings is 1. The van der Waals surface area contributed by atoms with E-state index in [1.807, 2.05) is 23.1 Å². The van der Waals surface area contributed by atoms with Gasteiger partial charge in [0.15, 0.2) is 0 Å². The fourth-order valence-electron chi connectivity index (χ4n) is 2.64. The summed E-state index contributed by atoms with van der Waals surface area (Å²) in [4.78, 5) is 27.3. The lowest BCUT2D eigenvalue weighted by atomic mass is 10.1. The molecule has 2 rings (SSSR count). The second kappa shape index (κ2) is 7.94. The van der Waals surface area contributed by atoms with E-state index in [4.69, 9.17) is 0 Å². The van der Waals surface area contributed by atoms with Gasteiger partial charge in [0.05, 0.1) is 0 Å². The van der Waals surface area contributed by atoms with Crippen LogP contribution in [0.2, 0.25) is 0 Å². The highest BCUT2D eigenvalue weighted by molar-refractivity contribution is 5.76. The number of amides is 2. The van der Waals surface area contributed by atoms with Crippen molar-refractivity contribution in [3.63, 3.8) is 0 Å². The molecule has 1 aromatic carbocycles. The highest BCUT2D eigenvalue weighted by Gasteiger charge is 2.18. The van der Waals surface area contributed by atoms with Crippen LogP contribution in [0.4, 0.5) is 0 Å². The van der Waals surface area contributed by atoms with Crippen LogP contribution in [0.5, 0.6) is 0 Å². The minimum atomic E-state index is 0.0808. The Labute approximate surface area is 132 Å². The fourth-order valence-corrected chi connectivity index (χ4v) is 2.64. The molecular formula is C17H25N3O2. The highest BCUT2D eigenvalue weighted by atomic mass is 16.2. The van der Waals surface area contributed by atoms with Crippen molar-refractivity contribution < 1.29 is 9.59 Å². The average Bonchev–Trinajstić information content (AvgIpc) is 2.52. The first kappa shape index (κ1) is 16.5. The second-order valence-corrected chi connectivity index (χ2v) is 5.80. The Kier molecular flexibility index (Phi) is 5.95. The number of benzene rings is 1. The zero-order valence-electron chi connectivity index (χ0n) is 13.5. The minimum Gasteiger partial charge on any atom is -0.352 e. The third-order valence-electron chi connectivity index (χ3n) is 4.21. The largest absolute Gasteiger partial charge is 0.352 e. The monoisotopic (exact) mass is 303 g/mol. The number of hydrogen-bond donors (Lipinski definition) is 1. The van der Waals surface area contributed by atoms with Gasteiger partial charge in [-0.05, 0) is 18.1 Å². The Bertz CT molecular complexity index is 522. The molecule has 0 bridgehead atoms. The zero-order valence-corrected chi connectivity index (χ0v) is 13.5. The molecule has 1 heterocycles. The van der Waals surface area contributed by atoms with E-state index in [2.05, 4.69) is 23.2 Å². The van der Waals surface area contributed by atoms with Gasteiger partial charge in [-0.1, -0.05) is 24.3 Å². The van der Waals surface area contributed by atoms with Gasteiger partial charge in [-0.25, -0.2) is 0 Å². The van der Waals surface area contributed by atoms with Gasteiger partial charge >= 0.3 is 0 Å². The van der Waals surface area contributed by atoms with Crippen LogP contribution in [0.3, 0.4) is 0 Å². The fraction of sp³-hybridized carbons (Fsp3) is 0.529. The van der Waals surface area contributed by atoms with Crippen molar-refractivity contribution in [3.05, 3.63) is 35.4 Å². The summed E-state index contributed by atoms with van der Waals surface area (Å²) in [7, 11) is 0. The first-order valence-corrected chi connectivity index (χ1v) is 7.85. The summed E-state index contributed by atoms with van der Waals surface area (Å²) in [5.74, 6) is 0.216. The minimum absolute atomic E-state index is 0.0808. The van der Waals surface area contributed by atoms with Crippen molar-refractivity contribution in [1.82, 2.24) is 15.1 Å². The van der Waals surface area contributed by atoms with E-state index in [1.54, 1.807) is 6.92 Å². The smallest absolute Gasteiger partial charge is 0.221 e. The van der Waals surface area contributed by atoms with Gasteiger partial charge in [-0.2, -0.15) is 0 Å². The molecule has 0 radical (unpaired) electrons. The molecule has 22 heavy (non-hydrogen) atoms. The molecule has 120 valence electrons. The van der Waals surface area contributed by atoms with Gasteiger partial charge in [0.1, 0.15) is 0 Å². The lowest BCUT2D eigenvalue weighted by Crippen LogP contribution is -2.48. The van der Waals surface area contributed by atoms with Gasteiger partial charge in [-0.15, -0.1) is 0 Å². The molecule has 0 aromatic heterocycles. The number of carbonyl (C=O) groups is 2. The predicted octanol–water partition coefficient (Wildman–Crippen LogP) is 1.17. The molecule has 1 aliphatic heterocycles. The van der Waals surface area contributed by atoms with Gasteiger partial charge in [0, 0.05) is 52.6 Å². The number of rotatable bonds is 5. The molecule has 5 nitrogen and oxygen atoms in total. The SMILES string of the molecule is CC(=O)N1CCN(CCC(=O)NCc2ccccc2C)CC1. The Morgan fingerprint density at radius 3 is 2.45 bits per heavy atom. The highest BCUT2D eigenvalue weighted by Crippen LogP contribution is 2.06. The molecule has 1 saturated heterocycles. The molecule has 2 amide bonds. The maximum absolute atomic E-state index is 11.9. The summed E-state index contributed by atoms with van der Waals surface area (Å²) in [5, 5.41) is 2.98. The number of carbonyl (C=O) groups excluding carboxylic acids is 2. The van der Waals surface area contributed by atoms with E-state index in [0.29, 0.717) is 13.0 Å². The van der Waals surface area contributed by atoms with E-state index >= 15 is 0 Å². The number of nitrogens with zero attached hydrogens (tertiary/aromatic N) is 2. The van der Waals surface area contributed by atoms with Gasteiger partial charge in [0.25, 0.3) is 0 Å². The molecule has 0 aliphatic carbocycles. The van der Waals surface area contributed by atoms with Crippen LogP contribution in [-0.2, 0) is 16.1 Å². The number of aryl methyl sites for hydroxylation is 1. The number of hydrogen-bond acceptors (Lipinski definition) is 3. The van der Waals surface area contributed by atoms with Crippen molar-refractivity contribution in [2.45, 2.75) is 26.8 Å². The van der Waals surface area contributed by atoms with Crippen molar-refractivity contribution in [3.8, 4) is 0 Å². The number of nitrogens with one attached hydrogen (secondary N) is 1. The molecule has 0 saturated carbocycles. The predicted molar refractivity (Wildman–Crippen MR) is 86.3 cm³/mol. The normalized spacial score (nSPS) is 15.6. The van der Waals surface area contributed by atoms with Crippen LogP contribution in [0.1, 0.15) is 24.5 Å². The lowest BCUT2D eigenvalue weighted by molar-refractivity contribution is -0.131. The van der Waals surface area contributed by atoms with Crippen molar-refractivity contribution in [1.29, 1.82) is 0 Å². The van der Waals surface area contributed by atoms with Crippen molar-refractivity contribution in [2.75, 3.05) is 32.7 Å². The third kappa shape index (κ3) is 4.84. The van der Waals surface area contributed by atoms with Crippen LogP contribution < -0.4 is 5.32 Å². The molecule has 0 spiro atoms. The molecule has 1 aliphatic rings. The summed E-state index contributed by atoms with van der Waals surface area (Å²) in [6.07, 6.45) is 0.506. The van der Waals surface area contributed by atoms with Crippen LogP contribution >= 0.6 is 0 Å². The molecule has 5 heteroatoms. The van der Waals surface area contributed by atoms with Gasteiger partial charge < -0.3 is 10.2 Å². The van der Waals surface area contributed by atoms with E-state index in [1.165, 1.54) is 5.56 Å². The summed E-state index contributed by atoms with van der Waals surface area (Å²) in [5.41, 5.74) is 2.36. The van der Waals surface area contributed by atoms with Gasteiger partial charge in [-0.3, -0.25) is 14.5 Å². The maximum Gasteiger partial charge on any atom is 0.221 e. The van der Waals surface area contributed by atoms with Crippen LogP contribution in [-0.4, -0.2) is 54.3 Å². The molecule has 0 unspecified atom stereocenters. The van der Waals surface area contributed by atoms with E-state index in [9.17, 15) is 9.59 Å². The van der Waals surface area contributed by atoms with Crippen molar-refractivity contribution in [2.24, 2.45) is 0 Å². The van der Waals surface area contributed by atoms with E-state index in [-0.39, 0.29) is 11.8 Å². The van der Waals surface area contributed by atoms with E-state index < -0.39 is 0 Å². The summed E-state index contributed by atoms with van der Waals surface area (Å²) < 4.78 is 0. The van der Waals surface area contributed by atoms with Gasteiger partial charge in [0.2, 0.25) is 11.8 Å². The maximum atomic E-state index is 11.9. The first-order valence-electron chi connectivity index (χ1n) is 7.85. The molecule has 1 fully saturated rings. The summed E-state index contributed by atoms with van der Waals surface area (Å²) in [6, 6.07) is 8.08. The second-order valence-electron chi connectivity index (χ2n) is 5.80. The Hall–Kier alpha value is -1.88. The standard InChI is InChI=1S/C17H25N3O2/c1-14-5-3-4-6-16(14)13-18-17(22)7-8-19-9-11-20(12-10-19)15(2)21/h3-6H,7-13H2,1-2H3,(H,18,22). The van der Waals surface area contributed by atoms with Crippen molar-refractivity contribution >= 4 is 11.8 Å². The molecular weight excluding hydrogens is 278 g/mol. The van der Waals surface area contributed by atoms with Crippen LogP contribution in [0.15, 0.2) is 24.3 Å². The lowest BCUT2D eigenvalue weighted by Gasteiger charge is -2.34. The average molecular weight is 303 g/mol. The zero-order chi connectivity index (χ0) is 15.9. The van der Waals surface area contributed by atoms with E-state index in [0.717, 1.165) is 38.3 Å². The third-order valence-corrected chi connectivity index (χ3v) is 4.21. The summed E-state index contributed by atoms with van der Waals surface area (Å²) in [6.45, 7) is 8.23. The summed E-state index contributed by atoms with van der Waals surface area (Å²) >= 11 is 0. The Balaban J connectivity index is 1.66. The molecule has 0 atom stereocenters. The quantitative estimate of drug-likeness (QED) is 0.888. The molecule has 1 aromatic rings. The van der Waals surface area contributed by atoms with Crippen LogP contribution in [0.25, 0.3) is 0 Å². The molecule has 1 N–H and O–H groups in total. The topological polar surface area (TPSA) is 52.7 Å². The Morgan fingerprint density at radius 2 is 1.82 bits per heavy atom.